The van der Waals surface area contributed by atoms with Gasteiger partial charge in [-0.05, 0) is 85.3 Å². The molecule has 5 nitrogen and oxygen atoms in total. The summed E-state index contributed by atoms with van der Waals surface area (Å²) < 4.78 is 13.1. The molecule has 36 heavy (non-hydrogen) atoms. The number of pyridine rings is 1. The van der Waals surface area contributed by atoms with Gasteiger partial charge in [-0.15, -0.1) is 0 Å². The van der Waals surface area contributed by atoms with Gasteiger partial charge < -0.3 is 10.4 Å². The molecule has 0 aliphatic carbocycles. The van der Waals surface area contributed by atoms with E-state index in [0.717, 1.165) is 33.3 Å². The number of aliphatic carboxylic acids is 1. The SMILES string of the molecule is O=C(O)CCCCc1cc2cc(C(=O)NCCc3ccc(F)cc3)ccc2nc1-c1ccc(Cl)cc1. The monoisotopic (exact) mass is 504 g/mol. The third-order valence-corrected chi connectivity index (χ3v) is 6.22. The summed E-state index contributed by atoms with van der Waals surface area (Å²) in [7, 11) is 0. The smallest absolute Gasteiger partial charge is 0.303 e. The van der Waals surface area contributed by atoms with E-state index >= 15 is 0 Å². The second-order valence-corrected chi connectivity index (χ2v) is 9.08. The first kappa shape index (κ1) is 25.3. The molecule has 4 aromatic rings. The number of unbranched alkanes of at least 4 members (excludes halogenated alkanes) is 1. The van der Waals surface area contributed by atoms with Gasteiger partial charge in [0.05, 0.1) is 11.2 Å². The zero-order valence-electron chi connectivity index (χ0n) is 19.6. The number of nitrogens with zero attached hydrogens (tertiary/aromatic N) is 1. The number of nitrogens with one attached hydrogen (secondary N) is 1. The molecule has 1 heterocycles. The minimum Gasteiger partial charge on any atom is -0.481 e. The van der Waals surface area contributed by atoms with Gasteiger partial charge in [0.25, 0.3) is 5.91 Å². The van der Waals surface area contributed by atoms with Crippen molar-refractivity contribution in [1.29, 1.82) is 0 Å². The molecule has 184 valence electrons. The average molecular weight is 505 g/mol. The van der Waals surface area contributed by atoms with Crippen LogP contribution in [0, 0.1) is 5.82 Å². The van der Waals surface area contributed by atoms with E-state index in [1.807, 2.05) is 42.5 Å². The van der Waals surface area contributed by atoms with Crippen LogP contribution in [-0.4, -0.2) is 28.5 Å². The van der Waals surface area contributed by atoms with Crippen LogP contribution in [0.1, 0.15) is 40.7 Å². The zero-order valence-corrected chi connectivity index (χ0v) is 20.4. The summed E-state index contributed by atoms with van der Waals surface area (Å²) in [5.41, 5.74) is 4.98. The number of hydrogen-bond donors (Lipinski definition) is 2. The Hall–Kier alpha value is -3.77. The molecule has 0 unspecified atom stereocenters. The van der Waals surface area contributed by atoms with Crippen molar-refractivity contribution < 1.29 is 19.1 Å². The summed E-state index contributed by atoms with van der Waals surface area (Å²) >= 11 is 6.06. The predicted molar refractivity (Wildman–Crippen MR) is 140 cm³/mol. The molecule has 0 radical (unpaired) electrons. The number of aryl methyl sites for hydroxylation is 1. The molecule has 0 saturated heterocycles. The number of rotatable bonds is 10. The van der Waals surface area contributed by atoms with E-state index in [0.29, 0.717) is 42.8 Å². The number of carboxylic acid groups (broad SMARTS) is 1. The van der Waals surface area contributed by atoms with Gasteiger partial charge in [-0.3, -0.25) is 9.59 Å². The van der Waals surface area contributed by atoms with E-state index in [1.54, 1.807) is 18.2 Å². The second kappa shape index (κ2) is 11.8. The number of fused-ring (bicyclic) bond motifs is 1. The lowest BCUT2D eigenvalue weighted by Gasteiger charge is -2.12. The molecule has 0 aliphatic rings. The van der Waals surface area contributed by atoms with E-state index in [1.165, 1.54) is 12.1 Å². The quantitative estimate of drug-likeness (QED) is 0.243. The highest BCUT2D eigenvalue weighted by Crippen LogP contribution is 2.29. The van der Waals surface area contributed by atoms with Crippen LogP contribution in [0.5, 0.6) is 0 Å². The van der Waals surface area contributed by atoms with Crippen LogP contribution >= 0.6 is 11.6 Å². The predicted octanol–water partition coefficient (Wildman–Crippen LogP) is 6.46. The van der Waals surface area contributed by atoms with Crippen molar-refractivity contribution in [3.05, 3.63) is 100 Å². The number of carboxylic acids is 1. The first-order valence-corrected chi connectivity index (χ1v) is 12.2. The number of aromatic nitrogens is 1. The molecule has 2 N–H and O–H groups in total. The Bertz CT molecular complexity index is 1370. The van der Waals surface area contributed by atoms with Crippen molar-refractivity contribution >= 4 is 34.4 Å². The Labute approximate surface area is 214 Å². The van der Waals surface area contributed by atoms with E-state index in [9.17, 15) is 14.0 Å². The highest BCUT2D eigenvalue weighted by Gasteiger charge is 2.13. The van der Waals surface area contributed by atoms with Crippen LogP contribution in [0.2, 0.25) is 5.02 Å². The zero-order chi connectivity index (χ0) is 25.5. The fourth-order valence-electron chi connectivity index (χ4n) is 4.07. The largest absolute Gasteiger partial charge is 0.481 e. The summed E-state index contributed by atoms with van der Waals surface area (Å²) in [6, 6.07) is 21.1. The van der Waals surface area contributed by atoms with Crippen molar-refractivity contribution in [2.24, 2.45) is 0 Å². The molecular formula is C29H26ClFN2O3. The Morgan fingerprint density at radius 1 is 0.917 bits per heavy atom. The van der Waals surface area contributed by atoms with Crippen molar-refractivity contribution in [1.82, 2.24) is 10.3 Å². The molecule has 1 aromatic heterocycles. The minimum absolute atomic E-state index is 0.125. The van der Waals surface area contributed by atoms with Crippen LogP contribution in [0.25, 0.3) is 22.2 Å². The highest BCUT2D eigenvalue weighted by molar-refractivity contribution is 6.30. The molecular weight excluding hydrogens is 479 g/mol. The van der Waals surface area contributed by atoms with Gasteiger partial charge in [0.15, 0.2) is 0 Å². The van der Waals surface area contributed by atoms with E-state index < -0.39 is 5.97 Å². The Kier molecular flexibility index (Phi) is 8.28. The van der Waals surface area contributed by atoms with Crippen molar-refractivity contribution in [2.75, 3.05) is 6.54 Å². The molecule has 7 heteroatoms. The lowest BCUT2D eigenvalue weighted by molar-refractivity contribution is -0.137. The maximum absolute atomic E-state index is 13.1. The number of hydrogen-bond acceptors (Lipinski definition) is 3. The number of amides is 1. The number of carbonyl (C=O) groups excluding carboxylic acids is 1. The third-order valence-electron chi connectivity index (χ3n) is 5.97. The molecule has 1 amide bonds. The first-order chi connectivity index (χ1) is 17.4. The molecule has 0 bridgehead atoms. The van der Waals surface area contributed by atoms with E-state index in [4.69, 9.17) is 21.7 Å². The van der Waals surface area contributed by atoms with Gasteiger partial charge in [0, 0.05) is 34.5 Å². The molecule has 0 spiro atoms. The molecule has 0 fully saturated rings. The van der Waals surface area contributed by atoms with Crippen LogP contribution in [0.4, 0.5) is 4.39 Å². The highest BCUT2D eigenvalue weighted by atomic mass is 35.5. The number of halogens is 2. The van der Waals surface area contributed by atoms with Gasteiger partial charge in [0.2, 0.25) is 0 Å². The van der Waals surface area contributed by atoms with Crippen LogP contribution in [-0.2, 0) is 17.6 Å². The van der Waals surface area contributed by atoms with Crippen LogP contribution in [0.15, 0.2) is 72.8 Å². The van der Waals surface area contributed by atoms with E-state index in [-0.39, 0.29) is 18.1 Å². The lowest BCUT2D eigenvalue weighted by Crippen LogP contribution is -2.25. The molecule has 0 saturated carbocycles. The molecule has 0 aliphatic heterocycles. The Morgan fingerprint density at radius 3 is 2.39 bits per heavy atom. The van der Waals surface area contributed by atoms with Crippen molar-refractivity contribution in [3.63, 3.8) is 0 Å². The minimum atomic E-state index is -0.806. The van der Waals surface area contributed by atoms with Crippen molar-refractivity contribution in [3.8, 4) is 11.3 Å². The third kappa shape index (κ3) is 6.67. The Morgan fingerprint density at radius 2 is 1.67 bits per heavy atom. The number of benzene rings is 3. The summed E-state index contributed by atoms with van der Waals surface area (Å²) in [6.07, 6.45) is 2.68. The Balaban J connectivity index is 1.54. The van der Waals surface area contributed by atoms with E-state index in [2.05, 4.69) is 5.32 Å². The summed E-state index contributed by atoms with van der Waals surface area (Å²) in [4.78, 5) is 28.5. The van der Waals surface area contributed by atoms with Gasteiger partial charge in [-0.1, -0.05) is 35.9 Å². The maximum Gasteiger partial charge on any atom is 0.303 e. The fourth-order valence-corrected chi connectivity index (χ4v) is 4.20. The summed E-state index contributed by atoms with van der Waals surface area (Å²) in [6.45, 7) is 0.436. The lowest BCUT2D eigenvalue weighted by atomic mass is 9.98. The first-order valence-electron chi connectivity index (χ1n) is 11.8. The summed E-state index contributed by atoms with van der Waals surface area (Å²) in [5.74, 6) is -1.28. The fraction of sp³-hybridized carbons (Fsp3) is 0.207. The normalized spacial score (nSPS) is 10.9. The standard InChI is InChI=1S/C29H26ClFN2O3/c30-24-10-7-20(8-11-24)28-21(3-1-2-4-27(34)35)17-23-18-22(9-14-26(23)33-28)29(36)32-16-15-19-5-12-25(31)13-6-19/h5-14,17-18H,1-4,15-16H2,(H,32,36)(H,34,35). The van der Waals surface area contributed by atoms with Gasteiger partial charge >= 0.3 is 5.97 Å². The molecule has 4 rings (SSSR count). The summed E-state index contributed by atoms with van der Waals surface area (Å²) in [5, 5.41) is 13.3. The van der Waals surface area contributed by atoms with Crippen molar-refractivity contribution in [2.45, 2.75) is 32.1 Å². The second-order valence-electron chi connectivity index (χ2n) is 8.64. The topological polar surface area (TPSA) is 79.3 Å². The molecule has 0 atom stereocenters. The maximum atomic E-state index is 13.1. The molecule has 3 aromatic carbocycles. The average Bonchev–Trinajstić information content (AvgIpc) is 2.87. The van der Waals surface area contributed by atoms with Gasteiger partial charge in [-0.25, -0.2) is 9.37 Å². The van der Waals surface area contributed by atoms with Gasteiger partial charge in [0.1, 0.15) is 5.82 Å². The van der Waals surface area contributed by atoms with Crippen LogP contribution in [0.3, 0.4) is 0 Å². The van der Waals surface area contributed by atoms with Gasteiger partial charge in [-0.2, -0.15) is 0 Å². The number of carbonyl (C=O) groups is 2. The van der Waals surface area contributed by atoms with Crippen LogP contribution < -0.4 is 5.32 Å².